The van der Waals surface area contributed by atoms with E-state index < -0.39 is 0 Å². The molecule has 0 radical (unpaired) electrons. The van der Waals surface area contributed by atoms with Crippen LogP contribution in [0, 0.1) is 23.7 Å². The van der Waals surface area contributed by atoms with E-state index in [2.05, 4.69) is 19.2 Å². The summed E-state index contributed by atoms with van der Waals surface area (Å²) in [4.78, 5) is 0. The lowest BCUT2D eigenvalue weighted by Gasteiger charge is -2.38. The monoisotopic (exact) mass is 235 g/mol. The summed E-state index contributed by atoms with van der Waals surface area (Å²) in [5.41, 5.74) is 0. The highest BCUT2D eigenvalue weighted by molar-refractivity contribution is 4.97. The molecule has 0 saturated heterocycles. The molecule has 0 aromatic carbocycles. The van der Waals surface area contributed by atoms with E-state index in [0.29, 0.717) is 0 Å². The van der Waals surface area contributed by atoms with Gasteiger partial charge in [0.25, 0.3) is 0 Å². The smallest absolute Gasteiger partial charge is 0.0101 e. The molecule has 3 aliphatic rings. The summed E-state index contributed by atoms with van der Waals surface area (Å²) in [6.07, 6.45) is 11.9. The molecule has 0 aliphatic heterocycles. The van der Waals surface area contributed by atoms with Crippen LogP contribution in [0.4, 0.5) is 0 Å². The molecule has 0 aromatic rings. The van der Waals surface area contributed by atoms with Gasteiger partial charge in [0.15, 0.2) is 0 Å². The molecular formula is C16H29N. The Hall–Kier alpha value is -0.0400. The molecule has 0 amide bonds. The average molecular weight is 235 g/mol. The Morgan fingerprint density at radius 2 is 1.71 bits per heavy atom. The second kappa shape index (κ2) is 4.91. The van der Waals surface area contributed by atoms with Crippen LogP contribution in [-0.4, -0.2) is 12.1 Å². The van der Waals surface area contributed by atoms with E-state index in [9.17, 15) is 0 Å². The highest BCUT2D eigenvalue weighted by atomic mass is 15.0. The van der Waals surface area contributed by atoms with E-state index in [1.54, 1.807) is 0 Å². The molecule has 0 heterocycles. The summed E-state index contributed by atoms with van der Waals surface area (Å²) >= 11 is 0. The van der Waals surface area contributed by atoms with Gasteiger partial charge >= 0.3 is 0 Å². The molecule has 3 saturated carbocycles. The van der Waals surface area contributed by atoms with Crippen molar-refractivity contribution in [2.45, 2.75) is 77.3 Å². The topological polar surface area (TPSA) is 12.0 Å². The number of nitrogens with one attached hydrogen (secondary N) is 1. The number of hydrogen-bond acceptors (Lipinski definition) is 1. The van der Waals surface area contributed by atoms with Gasteiger partial charge in [-0.05, 0) is 55.8 Å². The van der Waals surface area contributed by atoms with E-state index in [1.807, 2.05) is 0 Å². The van der Waals surface area contributed by atoms with Crippen molar-refractivity contribution in [2.24, 2.45) is 23.7 Å². The van der Waals surface area contributed by atoms with Crippen molar-refractivity contribution >= 4 is 0 Å². The maximum absolute atomic E-state index is 4.08. The van der Waals surface area contributed by atoms with Gasteiger partial charge in [-0.15, -0.1) is 0 Å². The lowest BCUT2D eigenvalue weighted by Crippen LogP contribution is -2.47. The molecule has 2 bridgehead atoms. The highest BCUT2D eigenvalue weighted by Crippen LogP contribution is 2.45. The van der Waals surface area contributed by atoms with Gasteiger partial charge in [0.2, 0.25) is 0 Å². The fraction of sp³-hybridized carbons (Fsp3) is 1.00. The first-order valence-corrected chi connectivity index (χ1v) is 8.00. The molecule has 1 N–H and O–H groups in total. The zero-order valence-corrected chi connectivity index (χ0v) is 11.6. The van der Waals surface area contributed by atoms with Crippen LogP contribution in [0.5, 0.6) is 0 Å². The van der Waals surface area contributed by atoms with Crippen molar-refractivity contribution in [3.05, 3.63) is 0 Å². The minimum Gasteiger partial charge on any atom is -0.311 e. The maximum atomic E-state index is 4.08. The summed E-state index contributed by atoms with van der Waals surface area (Å²) < 4.78 is 0. The van der Waals surface area contributed by atoms with Crippen LogP contribution < -0.4 is 5.32 Å². The van der Waals surface area contributed by atoms with E-state index in [0.717, 1.165) is 35.8 Å². The van der Waals surface area contributed by atoms with Crippen molar-refractivity contribution in [2.75, 3.05) is 0 Å². The van der Waals surface area contributed by atoms with E-state index in [4.69, 9.17) is 0 Å². The van der Waals surface area contributed by atoms with Gasteiger partial charge in [0, 0.05) is 12.1 Å². The SMILES string of the molecule is CC(C)C1CCCCC1NC1CC2CCC1C2. The van der Waals surface area contributed by atoms with Crippen molar-refractivity contribution in [1.82, 2.24) is 5.32 Å². The molecule has 98 valence electrons. The first-order valence-electron chi connectivity index (χ1n) is 8.00. The molecule has 0 spiro atoms. The molecule has 1 heteroatoms. The summed E-state index contributed by atoms with van der Waals surface area (Å²) in [5, 5.41) is 4.08. The van der Waals surface area contributed by atoms with Crippen molar-refractivity contribution < 1.29 is 0 Å². The fourth-order valence-electron chi connectivity index (χ4n) is 4.89. The van der Waals surface area contributed by atoms with Gasteiger partial charge < -0.3 is 5.32 Å². The Labute approximate surface area is 107 Å². The number of rotatable bonds is 3. The van der Waals surface area contributed by atoms with E-state index in [-0.39, 0.29) is 0 Å². The maximum Gasteiger partial charge on any atom is 0.0101 e. The lowest BCUT2D eigenvalue weighted by atomic mass is 9.77. The van der Waals surface area contributed by atoms with Crippen LogP contribution in [0.15, 0.2) is 0 Å². The van der Waals surface area contributed by atoms with Crippen LogP contribution in [0.3, 0.4) is 0 Å². The van der Waals surface area contributed by atoms with Gasteiger partial charge in [-0.2, -0.15) is 0 Å². The van der Waals surface area contributed by atoms with Gasteiger partial charge in [-0.1, -0.05) is 33.1 Å². The van der Waals surface area contributed by atoms with E-state index in [1.165, 1.54) is 51.4 Å². The largest absolute Gasteiger partial charge is 0.311 e. The summed E-state index contributed by atoms with van der Waals surface area (Å²) in [6.45, 7) is 4.84. The molecule has 5 atom stereocenters. The molecule has 3 aliphatic carbocycles. The molecule has 3 fully saturated rings. The van der Waals surface area contributed by atoms with Crippen LogP contribution in [0.2, 0.25) is 0 Å². The van der Waals surface area contributed by atoms with Crippen molar-refractivity contribution in [3.63, 3.8) is 0 Å². The molecule has 17 heavy (non-hydrogen) atoms. The Morgan fingerprint density at radius 1 is 0.882 bits per heavy atom. The standard InChI is InChI=1S/C16H29N/c1-11(2)14-5-3-4-6-15(14)17-16-10-12-7-8-13(16)9-12/h11-17H,3-10H2,1-2H3. The molecular weight excluding hydrogens is 206 g/mol. The Balaban J connectivity index is 1.59. The minimum atomic E-state index is 0.841. The normalized spacial score (nSPS) is 45.7. The third-order valence-electron chi connectivity index (χ3n) is 5.84. The minimum absolute atomic E-state index is 0.841. The second-order valence-corrected chi connectivity index (χ2v) is 7.25. The Kier molecular flexibility index (Phi) is 3.47. The first-order chi connectivity index (χ1) is 8.24. The van der Waals surface area contributed by atoms with Gasteiger partial charge in [-0.3, -0.25) is 0 Å². The van der Waals surface area contributed by atoms with Crippen LogP contribution in [-0.2, 0) is 0 Å². The predicted molar refractivity (Wildman–Crippen MR) is 73.0 cm³/mol. The quantitative estimate of drug-likeness (QED) is 0.780. The zero-order valence-electron chi connectivity index (χ0n) is 11.6. The third kappa shape index (κ3) is 2.41. The summed E-state index contributed by atoms with van der Waals surface area (Å²) in [5.74, 6) is 3.93. The fourth-order valence-corrected chi connectivity index (χ4v) is 4.89. The Bertz CT molecular complexity index is 260. The molecule has 1 nitrogen and oxygen atoms in total. The van der Waals surface area contributed by atoms with Gasteiger partial charge in [0.05, 0.1) is 0 Å². The predicted octanol–water partition coefficient (Wildman–Crippen LogP) is 3.98. The van der Waals surface area contributed by atoms with Crippen molar-refractivity contribution in [1.29, 1.82) is 0 Å². The zero-order chi connectivity index (χ0) is 11.8. The van der Waals surface area contributed by atoms with Gasteiger partial charge in [0.1, 0.15) is 0 Å². The highest BCUT2D eigenvalue weighted by Gasteiger charge is 2.41. The summed E-state index contributed by atoms with van der Waals surface area (Å²) in [7, 11) is 0. The van der Waals surface area contributed by atoms with Gasteiger partial charge in [-0.25, -0.2) is 0 Å². The average Bonchev–Trinajstić information content (AvgIpc) is 2.91. The number of hydrogen-bond donors (Lipinski definition) is 1. The van der Waals surface area contributed by atoms with Crippen molar-refractivity contribution in [3.8, 4) is 0 Å². The van der Waals surface area contributed by atoms with Crippen LogP contribution in [0.25, 0.3) is 0 Å². The lowest BCUT2D eigenvalue weighted by molar-refractivity contribution is 0.175. The molecule has 3 rings (SSSR count). The third-order valence-corrected chi connectivity index (χ3v) is 5.84. The summed E-state index contributed by atoms with van der Waals surface area (Å²) in [6, 6.07) is 1.73. The number of fused-ring (bicyclic) bond motifs is 2. The molecule has 0 aromatic heterocycles. The Morgan fingerprint density at radius 3 is 2.35 bits per heavy atom. The first kappa shape index (κ1) is 12.0. The van der Waals surface area contributed by atoms with Crippen LogP contribution in [0.1, 0.15) is 65.2 Å². The van der Waals surface area contributed by atoms with Crippen LogP contribution >= 0.6 is 0 Å². The molecule has 5 unspecified atom stereocenters. The van der Waals surface area contributed by atoms with E-state index >= 15 is 0 Å². The second-order valence-electron chi connectivity index (χ2n) is 7.25.